The van der Waals surface area contributed by atoms with Crippen LogP contribution in [0.4, 0.5) is 0 Å². The quantitative estimate of drug-likeness (QED) is 0.727. The highest BCUT2D eigenvalue weighted by Crippen LogP contribution is 2.22. The molecule has 3 unspecified atom stereocenters. The number of amides is 1. The van der Waals surface area contributed by atoms with Gasteiger partial charge in [-0.25, -0.2) is 5.43 Å². The normalized spacial score (nSPS) is 30.3. The zero-order valence-electron chi connectivity index (χ0n) is 14.4. The first kappa shape index (κ1) is 17.2. The lowest BCUT2D eigenvalue weighted by molar-refractivity contribution is -0.136. The molecule has 7 heteroatoms. The average Bonchev–Trinajstić information content (AvgIpc) is 3.08. The molecule has 3 fully saturated rings. The Balaban J connectivity index is 1.31. The van der Waals surface area contributed by atoms with E-state index in [4.69, 9.17) is 11.6 Å². The highest BCUT2D eigenvalue weighted by molar-refractivity contribution is 6.31. The fourth-order valence-electron chi connectivity index (χ4n) is 4.15. The Morgan fingerprint density at radius 2 is 1.96 bits per heavy atom. The summed E-state index contributed by atoms with van der Waals surface area (Å²) in [6, 6.07) is 8.30. The van der Waals surface area contributed by atoms with Gasteiger partial charge < -0.3 is 10.2 Å². The smallest absolute Gasteiger partial charge is 0.241 e. The van der Waals surface area contributed by atoms with Crippen LogP contribution in [0.2, 0.25) is 5.02 Å². The van der Waals surface area contributed by atoms with E-state index in [1.807, 2.05) is 23.1 Å². The molecule has 0 bridgehead atoms. The minimum atomic E-state index is -0.104. The number of halogens is 1. The third-order valence-electron chi connectivity index (χ3n) is 5.68. The third kappa shape index (κ3) is 3.68. The minimum Gasteiger partial charge on any atom is -0.339 e. The van der Waals surface area contributed by atoms with Crippen LogP contribution in [0.15, 0.2) is 24.3 Å². The van der Waals surface area contributed by atoms with E-state index >= 15 is 0 Å². The number of piperazine rings is 1. The van der Waals surface area contributed by atoms with Crippen LogP contribution in [0.1, 0.15) is 12.0 Å². The van der Waals surface area contributed by atoms with Gasteiger partial charge in [0.2, 0.25) is 5.91 Å². The van der Waals surface area contributed by atoms with E-state index in [9.17, 15) is 4.79 Å². The monoisotopic (exact) mass is 363 g/mol. The van der Waals surface area contributed by atoms with Crippen molar-refractivity contribution in [3.05, 3.63) is 34.9 Å². The van der Waals surface area contributed by atoms with E-state index in [1.54, 1.807) is 0 Å². The topological polar surface area (TPSA) is 59.6 Å². The van der Waals surface area contributed by atoms with Crippen LogP contribution < -0.4 is 16.2 Å². The summed E-state index contributed by atoms with van der Waals surface area (Å²) in [6.07, 6.45) is 1.08. The summed E-state index contributed by atoms with van der Waals surface area (Å²) in [7, 11) is 0. The average molecular weight is 364 g/mol. The lowest BCUT2D eigenvalue weighted by Gasteiger charge is -2.37. The Kier molecular flexibility index (Phi) is 5.24. The number of hydrazine groups is 1. The van der Waals surface area contributed by atoms with E-state index in [0.29, 0.717) is 12.0 Å². The first-order valence-electron chi connectivity index (χ1n) is 9.19. The molecule has 0 aliphatic carbocycles. The molecule has 3 N–H and O–H groups in total. The summed E-state index contributed by atoms with van der Waals surface area (Å²) in [6.45, 7) is 6.13. The van der Waals surface area contributed by atoms with Crippen LogP contribution >= 0.6 is 11.6 Å². The van der Waals surface area contributed by atoms with E-state index < -0.39 is 0 Å². The van der Waals surface area contributed by atoms with Gasteiger partial charge in [0.15, 0.2) is 0 Å². The Hall–Kier alpha value is -1.18. The molecule has 136 valence electrons. The molecule has 0 aromatic heterocycles. The van der Waals surface area contributed by atoms with E-state index in [0.717, 1.165) is 62.8 Å². The van der Waals surface area contributed by atoms with Crippen LogP contribution in [0.3, 0.4) is 0 Å². The molecule has 3 saturated heterocycles. The predicted molar refractivity (Wildman–Crippen MR) is 98.1 cm³/mol. The molecular weight excluding hydrogens is 338 g/mol. The fourth-order valence-corrected chi connectivity index (χ4v) is 4.35. The van der Waals surface area contributed by atoms with Gasteiger partial charge >= 0.3 is 0 Å². The van der Waals surface area contributed by atoms with Gasteiger partial charge in [0.25, 0.3) is 0 Å². The molecule has 25 heavy (non-hydrogen) atoms. The lowest BCUT2D eigenvalue weighted by atomic mass is 9.89. The molecule has 0 saturated carbocycles. The maximum absolute atomic E-state index is 12.9. The molecule has 3 atom stereocenters. The maximum Gasteiger partial charge on any atom is 0.241 e. The molecule has 4 rings (SSSR count). The summed E-state index contributed by atoms with van der Waals surface area (Å²) in [5.74, 6) is 0.587. The fraction of sp³-hybridized carbons (Fsp3) is 0.611. The zero-order valence-corrected chi connectivity index (χ0v) is 15.1. The largest absolute Gasteiger partial charge is 0.339 e. The second kappa shape index (κ2) is 7.60. The number of piperidine rings is 1. The number of hydrogen-bond acceptors (Lipinski definition) is 5. The van der Waals surface area contributed by atoms with Crippen molar-refractivity contribution in [2.45, 2.75) is 25.0 Å². The number of carbonyl (C=O) groups is 1. The van der Waals surface area contributed by atoms with Crippen LogP contribution in [-0.4, -0.2) is 67.1 Å². The van der Waals surface area contributed by atoms with Gasteiger partial charge in [0.1, 0.15) is 6.04 Å². The number of fused-ring (bicyclic) bond motifs is 1. The zero-order chi connectivity index (χ0) is 17.2. The molecule has 1 aromatic carbocycles. The number of nitrogens with zero attached hydrogens (tertiary/aromatic N) is 2. The molecule has 3 heterocycles. The maximum atomic E-state index is 12.9. The van der Waals surface area contributed by atoms with Crippen LogP contribution in [0, 0.1) is 5.92 Å². The summed E-state index contributed by atoms with van der Waals surface area (Å²) in [4.78, 5) is 17.3. The van der Waals surface area contributed by atoms with Crippen LogP contribution in [0.5, 0.6) is 0 Å². The van der Waals surface area contributed by atoms with Crippen LogP contribution in [-0.2, 0) is 11.3 Å². The lowest BCUT2D eigenvalue weighted by Crippen LogP contribution is -2.55. The third-order valence-corrected chi connectivity index (χ3v) is 6.05. The van der Waals surface area contributed by atoms with Crippen molar-refractivity contribution in [2.24, 2.45) is 5.92 Å². The molecule has 1 amide bonds. The van der Waals surface area contributed by atoms with Crippen molar-refractivity contribution in [2.75, 3.05) is 39.3 Å². The molecule has 1 aromatic rings. The van der Waals surface area contributed by atoms with Crippen LogP contribution in [0.25, 0.3) is 0 Å². The van der Waals surface area contributed by atoms with Gasteiger partial charge in [-0.15, -0.1) is 0 Å². The Morgan fingerprint density at radius 1 is 1.16 bits per heavy atom. The van der Waals surface area contributed by atoms with Gasteiger partial charge in [0, 0.05) is 56.3 Å². The van der Waals surface area contributed by atoms with Gasteiger partial charge in [-0.1, -0.05) is 29.8 Å². The number of rotatable bonds is 3. The molecule has 0 radical (unpaired) electrons. The molecule has 6 nitrogen and oxygen atoms in total. The van der Waals surface area contributed by atoms with Crippen molar-refractivity contribution in [3.8, 4) is 0 Å². The van der Waals surface area contributed by atoms with E-state index in [-0.39, 0.29) is 11.9 Å². The first-order chi connectivity index (χ1) is 12.2. The Labute approximate surface area is 153 Å². The van der Waals surface area contributed by atoms with Crippen molar-refractivity contribution >= 4 is 17.5 Å². The van der Waals surface area contributed by atoms with Crippen molar-refractivity contribution in [1.82, 2.24) is 26.0 Å². The van der Waals surface area contributed by atoms with Gasteiger partial charge in [-0.2, -0.15) is 0 Å². The molecule has 3 aliphatic heterocycles. The second-order valence-electron chi connectivity index (χ2n) is 7.22. The summed E-state index contributed by atoms with van der Waals surface area (Å²) < 4.78 is 0. The first-order valence-corrected chi connectivity index (χ1v) is 9.56. The SMILES string of the molecule is O=C(C1NNC2CCNCC21)N1CCN(Cc2ccccc2Cl)CC1. The van der Waals surface area contributed by atoms with Crippen molar-refractivity contribution in [3.63, 3.8) is 0 Å². The minimum absolute atomic E-state index is 0.104. The Bertz CT molecular complexity index is 619. The van der Waals surface area contributed by atoms with Crippen molar-refractivity contribution in [1.29, 1.82) is 0 Å². The Morgan fingerprint density at radius 3 is 2.76 bits per heavy atom. The highest BCUT2D eigenvalue weighted by Gasteiger charge is 2.42. The number of benzene rings is 1. The highest BCUT2D eigenvalue weighted by atomic mass is 35.5. The van der Waals surface area contributed by atoms with E-state index in [2.05, 4.69) is 27.1 Å². The second-order valence-corrected chi connectivity index (χ2v) is 7.63. The van der Waals surface area contributed by atoms with Gasteiger partial charge in [-0.3, -0.25) is 15.1 Å². The molecule has 3 aliphatic rings. The van der Waals surface area contributed by atoms with Gasteiger partial charge in [-0.05, 0) is 24.6 Å². The number of nitrogens with one attached hydrogen (secondary N) is 3. The summed E-state index contributed by atoms with van der Waals surface area (Å²) in [5.41, 5.74) is 7.71. The van der Waals surface area contributed by atoms with E-state index in [1.165, 1.54) is 0 Å². The van der Waals surface area contributed by atoms with Gasteiger partial charge in [0.05, 0.1) is 0 Å². The summed E-state index contributed by atoms with van der Waals surface area (Å²) >= 11 is 6.26. The number of carbonyl (C=O) groups excluding carboxylic acids is 1. The molecule has 0 spiro atoms. The summed E-state index contributed by atoms with van der Waals surface area (Å²) in [5, 5.41) is 4.23. The standard InChI is InChI=1S/C18H26ClN5O/c19-15-4-2-1-3-13(15)12-23-7-9-24(10-8-23)18(25)17-14-11-20-6-5-16(14)21-22-17/h1-4,14,16-17,20-22H,5-12H2. The molecular formula is C18H26ClN5O. The predicted octanol–water partition coefficient (Wildman–Crippen LogP) is 0.439. The van der Waals surface area contributed by atoms with Crippen molar-refractivity contribution < 1.29 is 4.79 Å². The number of hydrogen-bond donors (Lipinski definition) is 3.